The quantitative estimate of drug-likeness (QED) is 0.667. The van der Waals surface area contributed by atoms with Crippen LogP contribution in [0.3, 0.4) is 0 Å². The molecule has 0 spiro atoms. The fourth-order valence-electron chi connectivity index (χ4n) is 2.82. The molecule has 0 unspecified atom stereocenters. The van der Waals surface area contributed by atoms with Crippen LogP contribution in [0.2, 0.25) is 0 Å². The van der Waals surface area contributed by atoms with Crippen molar-refractivity contribution in [2.24, 2.45) is 0 Å². The fourth-order valence-corrected chi connectivity index (χ4v) is 2.82. The monoisotopic (exact) mass is 374 g/mol. The fraction of sp³-hybridized carbons (Fsp3) is 0.263. The van der Waals surface area contributed by atoms with E-state index in [1.165, 1.54) is 6.07 Å². The number of urea groups is 1. The number of hydrogen-bond acceptors (Lipinski definition) is 3. The molecule has 0 atom stereocenters. The van der Waals surface area contributed by atoms with Crippen molar-refractivity contribution in [3.05, 3.63) is 59.9 Å². The number of pyridine rings is 1. The van der Waals surface area contributed by atoms with Crippen molar-refractivity contribution in [1.82, 2.24) is 14.9 Å². The minimum atomic E-state index is -0.822. The van der Waals surface area contributed by atoms with Crippen LogP contribution in [0.15, 0.2) is 42.7 Å². The summed E-state index contributed by atoms with van der Waals surface area (Å²) in [4.78, 5) is 16.3. The Kier molecular flexibility index (Phi) is 5.97. The van der Waals surface area contributed by atoms with E-state index in [4.69, 9.17) is 4.74 Å². The van der Waals surface area contributed by atoms with Crippen molar-refractivity contribution in [2.45, 2.75) is 13.0 Å². The van der Waals surface area contributed by atoms with Gasteiger partial charge in [-0.05, 0) is 36.2 Å². The number of anilines is 1. The molecule has 0 aliphatic heterocycles. The number of halogens is 2. The third-order valence-corrected chi connectivity index (χ3v) is 4.11. The van der Waals surface area contributed by atoms with Gasteiger partial charge in [0.15, 0.2) is 0 Å². The van der Waals surface area contributed by atoms with Crippen LogP contribution < -0.4 is 10.6 Å². The molecular weight excluding hydrogens is 354 g/mol. The van der Waals surface area contributed by atoms with Gasteiger partial charge >= 0.3 is 6.03 Å². The van der Waals surface area contributed by atoms with Gasteiger partial charge in [0.1, 0.15) is 17.3 Å². The molecule has 0 saturated carbocycles. The number of fused-ring (bicyclic) bond motifs is 1. The Morgan fingerprint density at radius 3 is 2.93 bits per heavy atom. The third kappa shape index (κ3) is 4.59. The first-order chi connectivity index (χ1) is 13.1. The molecule has 2 N–H and O–H groups in total. The van der Waals surface area contributed by atoms with Gasteiger partial charge in [-0.3, -0.25) is 0 Å². The molecule has 1 aromatic carbocycles. The number of benzene rings is 1. The van der Waals surface area contributed by atoms with E-state index in [-0.39, 0.29) is 5.69 Å². The highest BCUT2D eigenvalue weighted by molar-refractivity contribution is 5.89. The Labute approximate surface area is 155 Å². The summed E-state index contributed by atoms with van der Waals surface area (Å²) < 4.78 is 33.6. The van der Waals surface area contributed by atoms with Crippen molar-refractivity contribution in [1.29, 1.82) is 0 Å². The van der Waals surface area contributed by atoms with Crippen LogP contribution in [-0.4, -0.2) is 35.8 Å². The second kappa shape index (κ2) is 8.59. The van der Waals surface area contributed by atoms with Gasteiger partial charge < -0.3 is 19.9 Å². The van der Waals surface area contributed by atoms with Crippen molar-refractivity contribution < 1.29 is 18.3 Å². The lowest BCUT2D eigenvalue weighted by atomic mass is 10.1. The highest BCUT2D eigenvalue weighted by atomic mass is 19.1. The molecule has 142 valence electrons. The summed E-state index contributed by atoms with van der Waals surface area (Å²) in [6, 6.07) is 6.28. The molecule has 0 bridgehead atoms. The van der Waals surface area contributed by atoms with Gasteiger partial charge in [0.2, 0.25) is 0 Å². The summed E-state index contributed by atoms with van der Waals surface area (Å²) >= 11 is 0. The van der Waals surface area contributed by atoms with Gasteiger partial charge in [0, 0.05) is 44.0 Å². The number of carbonyl (C=O) groups excluding carboxylic acids is 1. The van der Waals surface area contributed by atoms with Gasteiger partial charge in [-0.25, -0.2) is 18.6 Å². The number of carbonyl (C=O) groups is 1. The zero-order valence-electron chi connectivity index (χ0n) is 14.8. The van der Waals surface area contributed by atoms with Gasteiger partial charge in [0.05, 0.1) is 12.3 Å². The van der Waals surface area contributed by atoms with E-state index in [1.807, 2.05) is 22.9 Å². The van der Waals surface area contributed by atoms with Crippen molar-refractivity contribution in [2.75, 3.05) is 25.6 Å². The predicted octanol–water partition coefficient (Wildman–Crippen LogP) is 3.33. The summed E-state index contributed by atoms with van der Waals surface area (Å²) in [6.07, 6.45) is 4.32. The second-order valence-corrected chi connectivity index (χ2v) is 5.97. The maximum Gasteiger partial charge on any atom is 0.319 e. The van der Waals surface area contributed by atoms with Gasteiger partial charge in [-0.2, -0.15) is 0 Å². The highest BCUT2D eigenvalue weighted by Gasteiger charge is 2.11. The molecule has 2 heterocycles. The molecule has 0 aliphatic carbocycles. The number of amides is 2. The average Bonchev–Trinajstić information content (AvgIpc) is 3.00. The number of rotatable bonds is 7. The molecule has 0 aliphatic rings. The lowest BCUT2D eigenvalue weighted by Gasteiger charge is -2.08. The van der Waals surface area contributed by atoms with Crippen LogP contribution >= 0.6 is 0 Å². The number of nitrogens with one attached hydrogen (secondary N) is 2. The van der Waals surface area contributed by atoms with Crippen LogP contribution in [0.5, 0.6) is 0 Å². The number of aromatic nitrogens is 2. The summed E-state index contributed by atoms with van der Waals surface area (Å²) in [7, 11) is 1.65. The van der Waals surface area contributed by atoms with Crippen LogP contribution in [0.25, 0.3) is 11.0 Å². The molecule has 6 nitrogen and oxygen atoms in total. The minimum Gasteiger partial charge on any atom is -0.383 e. The topological polar surface area (TPSA) is 68.2 Å². The molecule has 0 saturated heterocycles. The molecule has 3 aromatic rings. The van der Waals surface area contributed by atoms with Crippen LogP contribution in [0, 0.1) is 11.6 Å². The van der Waals surface area contributed by atoms with E-state index >= 15 is 0 Å². The lowest BCUT2D eigenvalue weighted by Crippen LogP contribution is -2.30. The Morgan fingerprint density at radius 1 is 1.30 bits per heavy atom. The maximum absolute atomic E-state index is 13.6. The Hall–Kier alpha value is -3.00. The van der Waals surface area contributed by atoms with Crippen LogP contribution in [-0.2, 0) is 17.7 Å². The second-order valence-electron chi connectivity index (χ2n) is 5.97. The van der Waals surface area contributed by atoms with Crippen molar-refractivity contribution >= 4 is 22.8 Å². The summed E-state index contributed by atoms with van der Waals surface area (Å²) in [5.41, 5.74) is 1.83. The summed E-state index contributed by atoms with van der Waals surface area (Å²) in [5.74, 6) is -1.52. The van der Waals surface area contributed by atoms with E-state index < -0.39 is 17.7 Å². The maximum atomic E-state index is 13.6. The van der Waals surface area contributed by atoms with Crippen LogP contribution in [0.4, 0.5) is 19.3 Å². The molecular formula is C19H20F2N4O2. The number of ether oxygens (including phenoxy) is 1. The lowest BCUT2D eigenvalue weighted by molar-refractivity contribution is 0.188. The molecule has 2 aromatic heterocycles. The number of nitrogens with zero attached hydrogens (tertiary/aromatic N) is 2. The van der Waals surface area contributed by atoms with E-state index in [9.17, 15) is 13.6 Å². The zero-order chi connectivity index (χ0) is 19.2. The Balaban J connectivity index is 1.60. The van der Waals surface area contributed by atoms with E-state index in [0.29, 0.717) is 26.1 Å². The van der Waals surface area contributed by atoms with Crippen molar-refractivity contribution in [3.8, 4) is 0 Å². The van der Waals surface area contributed by atoms with Gasteiger partial charge in [0.25, 0.3) is 0 Å². The largest absolute Gasteiger partial charge is 0.383 e. The highest BCUT2D eigenvalue weighted by Crippen LogP contribution is 2.20. The zero-order valence-corrected chi connectivity index (χ0v) is 14.8. The molecule has 27 heavy (non-hydrogen) atoms. The predicted molar refractivity (Wildman–Crippen MR) is 98.7 cm³/mol. The van der Waals surface area contributed by atoms with Crippen molar-refractivity contribution in [3.63, 3.8) is 0 Å². The standard InChI is InChI=1S/C19H20F2N4O2/c1-27-10-9-25-12-13(15-3-2-7-22-18(15)25)6-8-23-19(26)24-17-5-4-14(20)11-16(17)21/h2-5,7,11-12H,6,8-10H2,1H3,(H2,23,24,26). The molecule has 0 radical (unpaired) electrons. The van der Waals surface area contributed by atoms with Gasteiger partial charge in [-0.1, -0.05) is 0 Å². The van der Waals surface area contributed by atoms with E-state index in [2.05, 4.69) is 15.6 Å². The average molecular weight is 374 g/mol. The molecule has 2 amide bonds. The van der Waals surface area contributed by atoms with E-state index in [0.717, 1.165) is 28.7 Å². The number of hydrogen-bond donors (Lipinski definition) is 2. The Bertz CT molecular complexity index is 943. The Morgan fingerprint density at radius 2 is 2.15 bits per heavy atom. The van der Waals surface area contributed by atoms with E-state index in [1.54, 1.807) is 13.3 Å². The summed E-state index contributed by atoms with van der Waals surface area (Å²) in [6.45, 7) is 1.61. The SMILES string of the molecule is COCCn1cc(CCNC(=O)Nc2ccc(F)cc2F)c2cccnc21. The number of methoxy groups -OCH3 is 1. The smallest absolute Gasteiger partial charge is 0.319 e. The van der Waals surface area contributed by atoms with Gasteiger partial charge in [-0.15, -0.1) is 0 Å². The molecule has 3 rings (SSSR count). The summed E-state index contributed by atoms with van der Waals surface area (Å²) in [5, 5.41) is 6.06. The first-order valence-corrected chi connectivity index (χ1v) is 8.50. The molecule has 8 heteroatoms. The normalized spacial score (nSPS) is 10.9. The third-order valence-electron chi connectivity index (χ3n) is 4.11. The molecule has 0 fully saturated rings. The first kappa shape index (κ1) is 18.8. The minimum absolute atomic E-state index is 0.0748. The first-order valence-electron chi connectivity index (χ1n) is 8.50. The van der Waals surface area contributed by atoms with Crippen LogP contribution in [0.1, 0.15) is 5.56 Å².